The maximum atomic E-state index is 6.00. The van der Waals surface area contributed by atoms with Crippen LogP contribution in [0.1, 0.15) is 18.7 Å². The minimum Gasteiger partial charge on any atom is -0.459 e. The predicted octanol–water partition coefficient (Wildman–Crippen LogP) is 3.76. The Morgan fingerprint density at radius 1 is 1.29 bits per heavy atom. The van der Waals surface area contributed by atoms with Gasteiger partial charge < -0.3 is 10.2 Å². The molecular formula is C10H9Cl2NO. The predicted molar refractivity (Wildman–Crippen MR) is 58.8 cm³/mol. The molecule has 0 aliphatic heterocycles. The van der Waals surface area contributed by atoms with Gasteiger partial charge in [0.1, 0.15) is 11.3 Å². The van der Waals surface area contributed by atoms with Gasteiger partial charge in [-0.05, 0) is 19.1 Å². The van der Waals surface area contributed by atoms with Crippen molar-refractivity contribution in [1.29, 1.82) is 0 Å². The number of halogens is 2. The van der Waals surface area contributed by atoms with Crippen molar-refractivity contribution in [3.8, 4) is 0 Å². The van der Waals surface area contributed by atoms with E-state index in [1.165, 1.54) is 0 Å². The zero-order valence-electron chi connectivity index (χ0n) is 7.55. The monoisotopic (exact) mass is 229 g/mol. The summed E-state index contributed by atoms with van der Waals surface area (Å²) in [5.74, 6) is 0.712. The lowest BCUT2D eigenvalue weighted by Crippen LogP contribution is -2.02. The largest absolute Gasteiger partial charge is 0.459 e. The topological polar surface area (TPSA) is 39.2 Å². The molecule has 1 heterocycles. The van der Waals surface area contributed by atoms with Crippen LogP contribution in [0.2, 0.25) is 10.0 Å². The molecule has 0 saturated heterocycles. The lowest BCUT2D eigenvalue weighted by atomic mass is 10.2. The fourth-order valence-electron chi connectivity index (χ4n) is 1.31. The average molecular weight is 230 g/mol. The van der Waals surface area contributed by atoms with Crippen LogP contribution in [0.3, 0.4) is 0 Å². The molecule has 0 bridgehead atoms. The highest BCUT2D eigenvalue weighted by Gasteiger charge is 2.10. The average Bonchev–Trinajstić information content (AvgIpc) is 2.47. The third kappa shape index (κ3) is 1.61. The Kier molecular flexibility index (Phi) is 2.43. The summed E-state index contributed by atoms with van der Waals surface area (Å²) in [6.07, 6.45) is 0. The number of hydrogen-bond donors (Lipinski definition) is 1. The van der Waals surface area contributed by atoms with E-state index in [1.807, 2.05) is 13.0 Å². The van der Waals surface area contributed by atoms with Gasteiger partial charge in [-0.15, -0.1) is 0 Å². The van der Waals surface area contributed by atoms with E-state index in [9.17, 15) is 0 Å². The lowest BCUT2D eigenvalue weighted by molar-refractivity contribution is 0.513. The number of rotatable bonds is 1. The molecule has 1 unspecified atom stereocenters. The molecule has 0 spiro atoms. The summed E-state index contributed by atoms with van der Waals surface area (Å²) in [6, 6.07) is 5.12. The third-order valence-corrected chi connectivity index (χ3v) is 2.55. The Balaban J connectivity index is 2.70. The molecule has 2 N–H and O–H groups in total. The lowest BCUT2D eigenvalue weighted by Gasteiger charge is -1.96. The molecule has 74 valence electrons. The van der Waals surface area contributed by atoms with Gasteiger partial charge in [0, 0.05) is 16.5 Å². The Morgan fingerprint density at radius 3 is 2.64 bits per heavy atom. The molecule has 1 aromatic heterocycles. The highest BCUT2D eigenvalue weighted by molar-refractivity contribution is 6.38. The van der Waals surface area contributed by atoms with Crippen molar-refractivity contribution in [3.63, 3.8) is 0 Å². The van der Waals surface area contributed by atoms with Crippen molar-refractivity contribution in [2.45, 2.75) is 13.0 Å². The summed E-state index contributed by atoms with van der Waals surface area (Å²) in [4.78, 5) is 0. The van der Waals surface area contributed by atoms with Gasteiger partial charge in [-0.1, -0.05) is 23.2 Å². The summed E-state index contributed by atoms with van der Waals surface area (Å²) in [5.41, 5.74) is 6.37. The Labute approximate surface area is 91.6 Å². The minimum atomic E-state index is -0.141. The molecule has 0 saturated carbocycles. The van der Waals surface area contributed by atoms with Crippen molar-refractivity contribution < 1.29 is 4.42 Å². The molecule has 14 heavy (non-hydrogen) atoms. The first-order valence-electron chi connectivity index (χ1n) is 4.22. The molecule has 0 radical (unpaired) electrons. The second-order valence-electron chi connectivity index (χ2n) is 3.24. The van der Waals surface area contributed by atoms with Gasteiger partial charge in [0.2, 0.25) is 0 Å². The quantitative estimate of drug-likeness (QED) is 0.809. The molecular weight excluding hydrogens is 221 g/mol. The highest BCUT2D eigenvalue weighted by atomic mass is 35.5. The first kappa shape index (κ1) is 9.84. The van der Waals surface area contributed by atoms with Crippen LogP contribution in [-0.4, -0.2) is 0 Å². The van der Waals surface area contributed by atoms with Crippen LogP contribution < -0.4 is 5.73 Å². The van der Waals surface area contributed by atoms with Gasteiger partial charge in [-0.2, -0.15) is 0 Å². The smallest absolute Gasteiger partial charge is 0.137 e. The van der Waals surface area contributed by atoms with Crippen molar-refractivity contribution >= 4 is 34.2 Å². The van der Waals surface area contributed by atoms with E-state index in [2.05, 4.69) is 0 Å². The van der Waals surface area contributed by atoms with E-state index in [4.69, 9.17) is 33.4 Å². The van der Waals surface area contributed by atoms with Gasteiger partial charge in [0.05, 0.1) is 11.1 Å². The van der Waals surface area contributed by atoms with Crippen LogP contribution in [0.4, 0.5) is 0 Å². The zero-order chi connectivity index (χ0) is 10.3. The molecule has 4 heteroatoms. The zero-order valence-corrected chi connectivity index (χ0v) is 9.06. The van der Waals surface area contributed by atoms with E-state index < -0.39 is 0 Å². The normalized spacial score (nSPS) is 13.4. The van der Waals surface area contributed by atoms with Gasteiger partial charge in [0.15, 0.2) is 0 Å². The fraction of sp³-hybridized carbons (Fsp3) is 0.200. The van der Waals surface area contributed by atoms with Crippen LogP contribution in [0.15, 0.2) is 22.6 Å². The molecule has 2 rings (SSSR count). The molecule has 2 nitrogen and oxygen atoms in total. The summed E-state index contributed by atoms with van der Waals surface area (Å²) in [5, 5.41) is 2.00. The van der Waals surface area contributed by atoms with Crippen LogP contribution in [0.25, 0.3) is 11.0 Å². The van der Waals surface area contributed by atoms with Crippen molar-refractivity contribution in [1.82, 2.24) is 0 Å². The molecule has 0 fully saturated rings. The molecule has 1 atom stereocenters. The second kappa shape index (κ2) is 3.46. The van der Waals surface area contributed by atoms with Crippen LogP contribution in [0.5, 0.6) is 0 Å². The summed E-state index contributed by atoms with van der Waals surface area (Å²) >= 11 is 11.8. The molecule has 1 aromatic carbocycles. The Bertz CT molecular complexity index is 476. The van der Waals surface area contributed by atoms with Gasteiger partial charge >= 0.3 is 0 Å². The SMILES string of the molecule is CC(N)c1cc2c(Cl)cc(Cl)cc2o1. The summed E-state index contributed by atoms with van der Waals surface area (Å²) in [6.45, 7) is 1.85. The highest BCUT2D eigenvalue weighted by Crippen LogP contribution is 2.31. The van der Waals surface area contributed by atoms with Gasteiger partial charge in [-0.3, -0.25) is 0 Å². The van der Waals surface area contributed by atoms with Gasteiger partial charge in [0.25, 0.3) is 0 Å². The van der Waals surface area contributed by atoms with Crippen molar-refractivity contribution in [2.24, 2.45) is 5.73 Å². The second-order valence-corrected chi connectivity index (χ2v) is 4.08. The molecule has 0 aliphatic rings. The van der Waals surface area contributed by atoms with E-state index in [0.29, 0.717) is 21.4 Å². The number of fused-ring (bicyclic) bond motifs is 1. The Morgan fingerprint density at radius 2 is 2.00 bits per heavy atom. The number of furan rings is 1. The minimum absolute atomic E-state index is 0.141. The van der Waals surface area contributed by atoms with E-state index in [-0.39, 0.29) is 6.04 Å². The standard InChI is InChI=1S/C10H9Cl2NO/c1-5(13)9-4-7-8(12)2-6(11)3-10(7)14-9/h2-5H,13H2,1H3. The van der Waals surface area contributed by atoms with Gasteiger partial charge in [-0.25, -0.2) is 0 Å². The summed E-state index contributed by atoms with van der Waals surface area (Å²) < 4.78 is 5.50. The van der Waals surface area contributed by atoms with E-state index in [1.54, 1.807) is 12.1 Å². The van der Waals surface area contributed by atoms with Crippen LogP contribution in [-0.2, 0) is 0 Å². The van der Waals surface area contributed by atoms with Crippen molar-refractivity contribution in [2.75, 3.05) is 0 Å². The first-order valence-corrected chi connectivity index (χ1v) is 4.97. The van der Waals surface area contributed by atoms with E-state index in [0.717, 1.165) is 5.39 Å². The molecule has 0 amide bonds. The maximum Gasteiger partial charge on any atom is 0.137 e. The van der Waals surface area contributed by atoms with Crippen LogP contribution in [0, 0.1) is 0 Å². The molecule has 0 aliphatic carbocycles. The number of hydrogen-bond acceptors (Lipinski definition) is 2. The number of nitrogens with two attached hydrogens (primary N) is 1. The molecule has 2 aromatic rings. The van der Waals surface area contributed by atoms with Crippen LogP contribution >= 0.6 is 23.2 Å². The summed E-state index contributed by atoms with van der Waals surface area (Å²) in [7, 11) is 0. The Hall–Kier alpha value is -0.700. The third-order valence-electron chi connectivity index (χ3n) is 2.02. The number of benzene rings is 1. The fourth-order valence-corrected chi connectivity index (χ4v) is 1.84. The van der Waals surface area contributed by atoms with E-state index >= 15 is 0 Å². The maximum absolute atomic E-state index is 6.00. The van der Waals surface area contributed by atoms with Crippen molar-refractivity contribution in [3.05, 3.63) is 34.0 Å². The first-order chi connectivity index (χ1) is 6.58.